The summed E-state index contributed by atoms with van der Waals surface area (Å²) in [7, 11) is -17.2. The molecule has 3 unspecified atom stereocenters. The zero-order chi connectivity index (χ0) is 23.1. The maximum Gasteiger partial charge on any atom is 0.490 e. The van der Waals surface area contributed by atoms with Crippen molar-refractivity contribution in [2.45, 2.75) is 30.5 Å². The number of alkyl halides is 2. The van der Waals surface area contributed by atoms with E-state index in [4.69, 9.17) is 25.2 Å². The van der Waals surface area contributed by atoms with Gasteiger partial charge in [0, 0.05) is 6.20 Å². The summed E-state index contributed by atoms with van der Waals surface area (Å²) in [6.45, 7) is 1.81. The predicted octanol–water partition coefficient (Wildman–Crippen LogP) is -0.774. The van der Waals surface area contributed by atoms with Gasteiger partial charge in [-0.05, 0) is 6.08 Å². The fourth-order valence-electron chi connectivity index (χ4n) is 2.36. The zero-order valence-corrected chi connectivity index (χ0v) is 17.3. The minimum absolute atomic E-state index is 0.0259. The Kier molecular flexibility index (Phi) is 7.34. The van der Waals surface area contributed by atoms with Crippen LogP contribution >= 0.6 is 23.5 Å². The van der Waals surface area contributed by atoms with Gasteiger partial charge in [0.1, 0.15) is 12.4 Å². The summed E-state index contributed by atoms with van der Waals surface area (Å²) >= 11 is 0. The summed E-state index contributed by atoms with van der Waals surface area (Å²) in [5, 5.41) is 12.4. The first-order valence-corrected chi connectivity index (χ1v) is 12.1. The van der Waals surface area contributed by atoms with Crippen LogP contribution in [0.3, 0.4) is 0 Å². The van der Waals surface area contributed by atoms with E-state index in [1.165, 1.54) is 12.3 Å². The molecule has 30 heavy (non-hydrogen) atoms. The Morgan fingerprint density at radius 2 is 1.87 bits per heavy atom. The fraction of sp³-hybridized carbons (Fsp3) is 0.600. The third kappa shape index (κ3) is 6.37. The quantitative estimate of drug-likeness (QED) is 0.202. The Labute approximate surface area is 167 Å². The van der Waals surface area contributed by atoms with E-state index in [0.29, 0.717) is 0 Å². The standard InChI is InChI=1S/C10H18F2N3O12P3/c1-5-14-6(13)2-3-15(5)9-7(11)8(16)10(12,25-9)4-24-29(20,21)27-30(22,23)26-28(17,18)19/h2-3,6-9,14,16H,1,4,13H2,(H,20,21)(H,22,23)(H2,17,18,19)/t6?,7-,8+,9-,10-/m1/s1. The Morgan fingerprint density at radius 3 is 2.40 bits per heavy atom. The Morgan fingerprint density at radius 1 is 1.27 bits per heavy atom. The van der Waals surface area contributed by atoms with Gasteiger partial charge in [-0.1, -0.05) is 6.58 Å². The van der Waals surface area contributed by atoms with E-state index in [1.807, 2.05) is 0 Å². The monoisotopic (exact) mass is 503 g/mol. The number of hydrogen-bond donors (Lipinski definition) is 7. The van der Waals surface area contributed by atoms with Gasteiger partial charge < -0.3 is 45.4 Å². The number of aliphatic hydroxyl groups excluding tert-OH is 1. The van der Waals surface area contributed by atoms with Gasteiger partial charge in [0.05, 0.1) is 6.17 Å². The second kappa shape index (κ2) is 8.64. The first kappa shape index (κ1) is 25.5. The summed E-state index contributed by atoms with van der Waals surface area (Å²) in [6, 6.07) is 0. The maximum atomic E-state index is 14.9. The number of nitrogens with zero attached hydrogens (tertiary/aromatic N) is 1. The largest absolute Gasteiger partial charge is 0.490 e. The van der Waals surface area contributed by atoms with Gasteiger partial charge in [0.15, 0.2) is 18.5 Å². The Hall–Kier alpha value is -0.770. The summed E-state index contributed by atoms with van der Waals surface area (Å²) in [5.41, 5.74) is 5.55. The van der Waals surface area contributed by atoms with Crippen LogP contribution in [-0.4, -0.2) is 66.7 Å². The first-order chi connectivity index (χ1) is 13.4. The molecule has 0 amide bonds. The number of hydrogen-bond acceptors (Lipinski definition) is 11. The van der Waals surface area contributed by atoms with E-state index in [1.54, 1.807) is 0 Å². The second-order valence-electron chi connectivity index (χ2n) is 5.91. The highest BCUT2D eigenvalue weighted by Gasteiger charge is 2.59. The van der Waals surface area contributed by atoms with Crippen LogP contribution in [0.25, 0.3) is 0 Å². The molecule has 1 saturated heterocycles. The molecule has 0 aromatic rings. The first-order valence-electron chi connectivity index (χ1n) is 7.60. The summed E-state index contributed by atoms with van der Waals surface area (Å²) < 4.78 is 78.4. The molecule has 7 atom stereocenters. The van der Waals surface area contributed by atoms with E-state index in [-0.39, 0.29) is 5.82 Å². The van der Waals surface area contributed by atoms with Crippen molar-refractivity contribution in [3.05, 3.63) is 24.7 Å². The van der Waals surface area contributed by atoms with Gasteiger partial charge in [0.2, 0.25) is 0 Å². The average Bonchev–Trinajstić information content (AvgIpc) is 2.75. The van der Waals surface area contributed by atoms with Crippen LogP contribution in [0, 0.1) is 0 Å². The molecule has 15 nitrogen and oxygen atoms in total. The van der Waals surface area contributed by atoms with Crippen molar-refractivity contribution in [1.29, 1.82) is 0 Å². The third-order valence-corrected chi connectivity index (χ3v) is 7.33. The predicted molar refractivity (Wildman–Crippen MR) is 90.7 cm³/mol. The lowest BCUT2D eigenvalue weighted by Crippen LogP contribution is -2.49. The van der Waals surface area contributed by atoms with Gasteiger partial charge in [-0.3, -0.25) is 4.52 Å². The Bertz CT molecular complexity index is 855. The molecular formula is C10H18F2N3O12P3. The van der Waals surface area contributed by atoms with Crippen molar-refractivity contribution in [3.63, 3.8) is 0 Å². The summed E-state index contributed by atoms with van der Waals surface area (Å²) in [5.74, 6) is -3.48. The van der Waals surface area contributed by atoms with Gasteiger partial charge in [-0.2, -0.15) is 8.62 Å². The minimum Gasteiger partial charge on any atom is -0.384 e. The van der Waals surface area contributed by atoms with Crippen LogP contribution in [0.15, 0.2) is 24.7 Å². The molecule has 2 heterocycles. The lowest BCUT2D eigenvalue weighted by atomic mass is 10.1. The molecule has 174 valence electrons. The summed E-state index contributed by atoms with van der Waals surface area (Å²) in [6.07, 6.45) is -5.00. The fourth-order valence-corrected chi connectivity index (χ4v) is 5.39. The highest BCUT2D eigenvalue weighted by molar-refractivity contribution is 7.66. The van der Waals surface area contributed by atoms with Crippen molar-refractivity contribution in [2.24, 2.45) is 5.73 Å². The molecule has 0 spiro atoms. The molecule has 0 aliphatic carbocycles. The molecule has 0 bridgehead atoms. The zero-order valence-electron chi connectivity index (χ0n) is 14.6. The van der Waals surface area contributed by atoms with Crippen LogP contribution in [0.1, 0.15) is 0 Å². The van der Waals surface area contributed by atoms with Crippen molar-refractivity contribution >= 4 is 23.5 Å². The molecule has 8 N–H and O–H groups in total. The van der Waals surface area contributed by atoms with Gasteiger partial charge in [-0.25, -0.2) is 22.5 Å². The van der Waals surface area contributed by atoms with E-state index >= 15 is 0 Å². The highest BCUT2D eigenvalue weighted by Crippen LogP contribution is 2.66. The maximum absolute atomic E-state index is 14.9. The molecular weight excluding hydrogens is 485 g/mol. The lowest BCUT2D eigenvalue weighted by molar-refractivity contribution is -0.207. The smallest absolute Gasteiger partial charge is 0.384 e. The minimum atomic E-state index is -5.84. The number of halogens is 2. The molecule has 20 heteroatoms. The molecule has 2 aliphatic rings. The van der Waals surface area contributed by atoms with Crippen LogP contribution in [-0.2, 0) is 31.6 Å². The van der Waals surface area contributed by atoms with E-state index in [2.05, 4.69) is 25.0 Å². The van der Waals surface area contributed by atoms with Gasteiger partial charge in [-0.15, -0.1) is 0 Å². The molecule has 0 saturated carbocycles. The van der Waals surface area contributed by atoms with Crippen LogP contribution in [0.5, 0.6) is 0 Å². The van der Waals surface area contributed by atoms with Crippen LogP contribution in [0.4, 0.5) is 8.78 Å². The van der Waals surface area contributed by atoms with E-state index < -0.39 is 60.6 Å². The van der Waals surface area contributed by atoms with Crippen molar-refractivity contribution in [1.82, 2.24) is 10.2 Å². The van der Waals surface area contributed by atoms with E-state index in [0.717, 1.165) is 4.90 Å². The molecule has 0 radical (unpaired) electrons. The molecule has 0 aromatic carbocycles. The van der Waals surface area contributed by atoms with Crippen LogP contribution in [0.2, 0.25) is 0 Å². The number of nitrogens with one attached hydrogen (secondary N) is 1. The number of ether oxygens (including phenoxy) is 1. The highest BCUT2D eigenvalue weighted by atomic mass is 31.3. The molecule has 2 rings (SSSR count). The summed E-state index contributed by atoms with van der Waals surface area (Å²) in [4.78, 5) is 36.2. The number of rotatable bonds is 8. The SMILES string of the molecule is C=C1NC(N)C=CN1[C@@H]1O[C@](F)(COP(=O)(O)OP(=O)(O)OP(=O)(O)O)[C@@H](O)[C@H]1F. The van der Waals surface area contributed by atoms with Gasteiger partial charge >= 0.3 is 23.5 Å². The average molecular weight is 503 g/mol. The second-order valence-corrected chi connectivity index (χ2v) is 10.3. The topological polar surface area (TPSA) is 231 Å². The van der Waals surface area contributed by atoms with Crippen molar-refractivity contribution < 1.29 is 65.0 Å². The molecule has 2 aliphatic heterocycles. The van der Waals surface area contributed by atoms with Crippen molar-refractivity contribution in [2.75, 3.05) is 6.61 Å². The molecule has 1 fully saturated rings. The van der Waals surface area contributed by atoms with E-state index in [9.17, 15) is 32.5 Å². The number of nitrogens with two attached hydrogens (primary N) is 1. The number of aliphatic hydroxyl groups is 1. The normalized spacial score (nSPS) is 36.3. The molecule has 0 aromatic heterocycles. The van der Waals surface area contributed by atoms with Crippen LogP contribution < -0.4 is 11.1 Å². The number of phosphoric ester groups is 1. The third-order valence-electron chi connectivity index (χ3n) is 3.55. The lowest BCUT2D eigenvalue weighted by Gasteiger charge is -2.34. The Balaban J connectivity index is 2.08. The van der Waals surface area contributed by atoms with Crippen molar-refractivity contribution in [3.8, 4) is 0 Å². The van der Waals surface area contributed by atoms with Gasteiger partial charge in [0.25, 0.3) is 5.85 Å². The number of phosphoric acid groups is 3.